The molecule has 1 unspecified atom stereocenters. The molecule has 1 aliphatic rings. The molecular weight excluding hydrogens is 222 g/mol. The van der Waals surface area contributed by atoms with Gasteiger partial charge in [0.2, 0.25) is 11.9 Å². The molecule has 1 aromatic rings. The average Bonchev–Trinajstić information content (AvgIpc) is 2.74. The molecule has 1 atom stereocenters. The molecular formula is C9H17N7O. The molecule has 94 valence electrons. The van der Waals surface area contributed by atoms with Crippen molar-refractivity contribution in [2.75, 3.05) is 38.6 Å². The van der Waals surface area contributed by atoms with Crippen molar-refractivity contribution in [1.29, 1.82) is 0 Å². The van der Waals surface area contributed by atoms with Gasteiger partial charge in [0.25, 0.3) is 0 Å². The van der Waals surface area contributed by atoms with Crippen LogP contribution in [0.25, 0.3) is 0 Å². The van der Waals surface area contributed by atoms with E-state index in [9.17, 15) is 4.79 Å². The predicted octanol–water partition coefficient (Wildman–Crippen LogP) is -1.92. The summed E-state index contributed by atoms with van der Waals surface area (Å²) in [4.78, 5) is 15.6. The van der Waals surface area contributed by atoms with Gasteiger partial charge in [-0.05, 0) is 10.4 Å². The van der Waals surface area contributed by atoms with Gasteiger partial charge in [-0.3, -0.25) is 4.79 Å². The summed E-state index contributed by atoms with van der Waals surface area (Å²) in [7, 11) is 5.28. The lowest BCUT2D eigenvalue weighted by Crippen LogP contribution is -2.58. The number of amides is 1. The number of aromatic nitrogens is 4. The third-order valence-corrected chi connectivity index (χ3v) is 2.82. The first kappa shape index (κ1) is 11.8. The highest BCUT2D eigenvalue weighted by molar-refractivity contribution is 5.84. The zero-order valence-electron chi connectivity index (χ0n) is 10.3. The largest absolute Gasteiger partial charge is 0.347 e. The lowest BCUT2D eigenvalue weighted by Gasteiger charge is -2.36. The molecule has 0 aliphatic carbocycles. The van der Waals surface area contributed by atoms with E-state index in [1.165, 1.54) is 0 Å². The zero-order valence-corrected chi connectivity index (χ0v) is 10.3. The summed E-state index contributed by atoms with van der Waals surface area (Å²) in [5.41, 5.74) is 0. The smallest absolute Gasteiger partial charge is 0.246 e. The second-order valence-corrected chi connectivity index (χ2v) is 4.25. The van der Waals surface area contributed by atoms with Gasteiger partial charge in [0.1, 0.15) is 6.04 Å². The molecule has 0 radical (unpaired) electrons. The molecule has 0 saturated carbocycles. The van der Waals surface area contributed by atoms with Crippen molar-refractivity contribution in [2.45, 2.75) is 6.04 Å². The van der Waals surface area contributed by atoms with Gasteiger partial charge in [0, 0.05) is 40.8 Å². The highest BCUT2D eigenvalue weighted by Crippen LogP contribution is 2.14. The summed E-state index contributed by atoms with van der Waals surface area (Å²) in [6, 6.07) is -0.247. The Balaban J connectivity index is 2.24. The number of aryl methyl sites for hydroxylation is 1. The van der Waals surface area contributed by atoms with Crippen molar-refractivity contribution in [2.24, 2.45) is 7.05 Å². The molecule has 1 aliphatic heterocycles. The maximum atomic E-state index is 12.1. The Bertz CT molecular complexity index is 402. The number of likely N-dealkylation sites (N-methyl/N-ethyl adjacent to an activating group) is 1. The van der Waals surface area contributed by atoms with E-state index in [-0.39, 0.29) is 11.9 Å². The van der Waals surface area contributed by atoms with E-state index in [2.05, 4.69) is 20.8 Å². The fourth-order valence-corrected chi connectivity index (χ4v) is 1.93. The van der Waals surface area contributed by atoms with Crippen LogP contribution in [-0.2, 0) is 11.8 Å². The van der Waals surface area contributed by atoms with Crippen molar-refractivity contribution in [3.8, 4) is 0 Å². The van der Waals surface area contributed by atoms with Crippen molar-refractivity contribution >= 4 is 11.9 Å². The summed E-state index contributed by atoms with van der Waals surface area (Å²) in [6.45, 7) is 2.16. The highest BCUT2D eigenvalue weighted by atomic mass is 16.2. The molecule has 1 fully saturated rings. The fourth-order valence-electron chi connectivity index (χ4n) is 1.93. The van der Waals surface area contributed by atoms with Gasteiger partial charge < -0.3 is 15.1 Å². The van der Waals surface area contributed by atoms with Crippen LogP contribution in [0.1, 0.15) is 0 Å². The van der Waals surface area contributed by atoms with E-state index >= 15 is 0 Å². The second kappa shape index (κ2) is 4.66. The molecule has 1 N–H and O–H groups in total. The number of hydrogen-bond acceptors (Lipinski definition) is 6. The van der Waals surface area contributed by atoms with Crippen LogP contribution < -0.4 is 10.2 Å². The molecule has 1 amide bonds. The van der Waals surface area contributed by atoms with Crippen molar-refractivity contribution in [3.05, 3.63) is 0 Å². The van der Waals surface area contributed by atoms with E-state index < -0.39 is 0 Å². The summed E-state index contributed by atoms with van der Waals surface area (Å²) < 4.78 is 1.58. The van der Waals surface area contributed by atoms with E-state index in [0.29, 0.717) is 12.5 Å². The SMILES string of the molecule is CN(C)C(=O)C1CNCCN1c1nnnn1C. The maximum Gasteiger partial charge on any atom is 0.246 e. The first-order valence-corrected chi connectivity index (χ1v) is 5.52. The molecule has 1 saturated heterocycles. The Hall–Kier alpha value is -1.70. The summed E-state index contributed by atoms with van der Waals surface area (Å²) in [6.07, 6.45) is 0. The number of nitrogens with zero attached hydrogens (tertiary/aromatic N) is 6. The third-order valence-electron chi connectivity index (χ3n) is 2.82. The number of hydrogen-bond donors (Lipinski definition) is 1. The standard InChI is InChI=1S/C9H17N7O/c1-14(2)8(17)7-6-10-4-5-16(7)9-11-12-13-15(9)3/h7,10H,4-6H2,1-3H3. The van der Waals surface area contributed by atoms with Crippen LogP contribution in [0.3, 0.4) is 0 Å². The lowest BCUT2D eigenvalue weighted by atomic mass is 10.2. The molecule has 1 aromatic heterocycles. The van der Waals surface area contributed by atoms with Gasteiger partial charge in [-0.2, -0.15) is 0 Å². The number of carbonyl (C=O) groups is 1. The normalized spacial score (nSPS) is 20.4. The average molecular weight is 239 g/mol. The number of carbonyl (C=O) groups excluding carboxylic acids is 1. The minimum atomic E-state index is -0.247. The predicted molar refractivity (Wildman–Crippen MR) is 61.5 cm³/mol. The van der Waals surface area contributed by atoms with Crippen LogP contribution >= 0.6 is 0 Å². The van der Waals surface area contributed by atoms with E-state index in [0.717, 1.165) is 13.1 Å². The molecule has 0 spiro atoms. The van der Waals surface area contributed by atoms with Crippen LogP contribution in [0.4, 0.5) is 5.95 Å². The van der Waals surface area contributed by atoms with E-state index in [1.807, 2.05) is 4.90 Å². The number of piperazine rings is 1. The number of tetrazole rings is 1. The van der Waals surface area contributed by atoms with Gasteiger partial charge in [0.15, 0.2) is 0 Å². The Morgan fingerprint density at radius 3 is 2.88 bits per heavy atom. The second-order valence-electron chi connectivity index (χ2n) is 4.25. The molecule has 2 rings (SSSR count). The zero-order chi connectivity index (χ0) is 12.4. The molecule has 0 aromatic carbocycles. The van der Waals surface area contributed by atoms with Gasteiger partial charge >= 0.3 is 0 Å². The molecule has 2 heterocycles. The van der Waals surface area contributed by atoms with E-state index in [4.69, 9.17) is 0 Å². The molecule has 8 heteroatoms. The highest BCUT2D eigenvalue weighted by Gasteiger charge is 2.32. The van der Waals surface area contributed by atoms with Crippen molar-refractivity contribution in [3.63, 3.8) is 0 Å². The van der Waals surface area contributed by atoms with Crippen LogP contribution in [-0.4, -0.2) is 70.8 Å². The van der Waals surface area contributed by atoms with Gasteiger partial charge in [-0.25, -0.2) is 4.68 Å². The van der Waals surface area contributed by atoms with Crippen LogP contribution in [0.2, 0.25) is 0 Å². The maximum absolute atomic E-state index is 12.1. The fraction of sp³-hybridized carbons (Fsp3) is 0.778. The third kappa shape index (κ3) is 2.21. The summed E-state index contributed by atoms with van der Waals surface area (Å²) in [5.74, 6) is 0.687. The monoisotopic (exact) mass is 239 g/mol. The Kier molecular flexibility index (Phi) is 3.23. The topological polar surface area (TPSA) is 79.2 Å². The first-order chi connectivity index (χ1) is 8.11. The number of anilines is 1. The minimum absolute atomic E-state index is 0.0557. The van der Waals surface area contributed by atoms with Crippen LogP contribution in [0.5, 0.6) is 0 Å². The quantitative estimate of drug-likeness (QED) is 0.648. The number of nitrogens with one attached hydrogen (secondary N) is 1. The van der Waals surface area contributed by atoms with Gasteiger partial charge in [0.05, 0.1) is 0 Å². The molecule has 8 nitrogen and oxygen atoms in total. The Morgan fingerprint density at radius 1 is 1.53 bits per heavy atom. The first-order valence-electron chi connectivity index (χ1n) is 5.52. The lowest BCUT2D eigenvalue weighted by molar-refractivity contribution is -0.130. The molecule has 0 bridgehead atoms. The van der Waals surface area contributed by atoms with Crippen LogP contribution in [0.15, 0.2) is 0 Å². The minimum Gasteiger partial charge on any atom is -0.347 e. The van der Waals surface area contributed by atoms with E-state index in [1.54, 1.807) is 30.7 Å². The molecule has 17 heavy (non-hydrogen) atoms. The Morgan fingerprint density at radius 2 is 2.29 bits per heavy atom. The van der Waals surface area contributed by atoms with Crippen LogP contribution in [0, 0.1) is 0 Å². The summed E-state index contributed by atoms with van der Waals surface area (Å²) in [5, 5.41) is 14.6. The number of rotatable bonds is 2. The van der Waals surface area contributed by atoms with Crippen molar-refractivity contribution < 1.29 is 4.79 Å². The van der Waals surface area contributed by atoms with Gasteiger partial charge in [-0.1, -0.05) is 5.10 Å². The van der Waals surface area contributed by atoms with Gasteiger partial charge in [-0.15, -0.1) is 0 Å². The Labute approximate surface area is 99.6 Å². The summed E-state index contributed by atoms with van der Waals surface area (Å²) >= 11 is 0. The van der Waals surface area contributed by atoms with Crippen molar-refractivity contribution in [1.82, 2.24) is 30.4 Å².